The smallest absolute Gasteiger partial charge is 0.339 e. The standard InChI is InChI=1S/C19H15NO2/c21-19(16-11-5-2-6-12-16)22-18(15-9-3-1-4-10-15)17-13-7-8-14-20-17/h1-14,18H. The quantitative estimate of drug-likeness (QED) is 0.681. The molecule has 0 bridgehead atoms. The number of esters is 1. The lowest BCUT2D eigenvalue weighted by Gasteiger charge is -2.18. The molecule has 1 aromatic heterocycles. The van der Waals surface area contributed by atoms with Crippen molar-refractivity contribution in [3.63, 3.8) is 0 Å². The van der Waals surface area contributed by atoms with Crippen molar-refractivity contribution in [1.82, 2.24) is 4.98 Å². The molecule has 3 nitrogen and oxygen atoms in total. The van der Waals surface area contributed by atoms with Crippen LogP contribution in [0.5, 0.6) is 0 Å². The highest BCUT2D eigenvalue weighted by Gasteiger charge is 2.20. The second-order valence-corrected chi connectivity index (χ2v) is 4.82. The van der Waals surface area contributed by atoms with Crippen molar-refractivity contribution in [2.45, 2.75) is 6.10 Å². The fraction of sp³-hybridized carbons (Fsp3) is 0.0526. The van der Waals surface area contributed by atoms with Gasteiger partial charge in [0.25, 0.3) is 0 Å². The van der Waals surface area contributed by atoms with E-state index in [2.05, 4.69) is 4.98 Å². The van der Waals surface area contributed by atoms with E-state index in [1.54, 1.807) is 18.3 Å². The van der Waals surface area contributed by atoms with E-state index < -0.39 is 6.10 Å². The van der Waals surface area contributed by atoms with Gasteiger partial charge in [-0.3, -0.25) is 4.98 Å². The molecule has 3 rings (SSSR count). The third-order valence-electron chi connectivity index (χ3n) is 3.29. The minimum atomic E-state index is -0.518. The maximum atomic E-state index is 12.4. The Morgan fingerprint density at radius 1 is 0.818 bits per heavy atom. The first-order valence-corrected chi connectivity index (χ1v) is 7.06. The van der Waals surface area contributed by atoms with Crippen molar-refractivity contribution in [1.29, 1.82) is 0 Å². The summed E-state index contributed by atoms with van der Waals surface area (Å²) in [5, 5.41) is 0. The third kappa shape index (κ3) is 3.20. The van der Waals surface area contributed by atoms with Crippen LogP contribution in [0.25, 0.3) is 0 Å². The van der Waals surface area contributed by atoms with Gasteiger partial charge in [0.1, 0.15) is 0 Å². The number of hydrogen-bond acceptors (Lipinski definition) is 3. The number of aromatic nitrogens is 1. The number of pyridine rings is 1. The van der Waals surface area contributed by atoms with Gasteiger partial charge in [0.15, 0.2) is 6.10 Å². The van der Waals surface area contributed by atoms with E-state index in [1.165, 1.54) is 0 Å². The van der Waals surface area contributed by atoms with E-state index in [-0.39, 0.29) is 5.97 Å². The highest BCUT2D eigenvalue weighted by molar-refractivity contribution is 5.89. The van der Waals surface area contributed by atoms with Gasteiger partial charge in [-0.25, -0.2) is 4.79 Å². The summed E-state index contributed by atoms with van der Waals surface area (Å²) < 4.78 is 5.71. The predicted octanol–water partition coefficient (Wildman–Crippen LogP) is 4.03. The third-order valence-corrected chi connectivity index (χ3v) is 3.29. The molecule has 0 spiro atoms. The Morgan fingerprint density at radius 3 is 2.09 bits per heavy atom. The lowest BCUT2D eigenvalue weighted by molar-refractivity contribution is 0.0370. The van der Waals surface area contributed by atoms with Crippen LogP contribution in [-0.2, 0) is 4.74 Å². The molecule has 1 heterocycles. The van der Waals surface area contributed by atoms with Crippen molar-refractivity contribution in [2.75, 3.05) is 0 Å². The van der Waals surface area contributed by atoms with Gasteiger partial charge >= 0.3 is 5.97 Å². The molecule has 0 N–H and O–H groups in total. The predicted molar refractivity (Wildman–Crippen MR) is 84.4 cm³/mol. The van der Waals surface area contributed by atoms with E-state index in [9.17, 15) is 4.79 Å². The molecule has 0 aliphatic carbocycles. The molecule has 0 saturated heterocycles. The van der Waals surface area contributed by atoms with Crippen LogP contribution in [0, 0.1) is 0 Å². The molecule has 1 atom stereocenters. The Morgan fingerprint density at radius 2 is 1.45 bits per heavy atom. The zero-order chi connectivity index (χ0) is 15.2. The van der Waals surface area contributed by atoms with Crippen molar-refractivity contribution < 1.29 is 9.53 Å². The van der Waals surface area contributed by atoms with E-state index in [1.807, 2.05) is 66.7 Å². The molecule has 108 valence electrons. The average molecular weight is 289 g/mol. The molecule has 0 fully saturated rings. The summed E-state index contributed by atoms with van der Waals surface area (Å²) in [5.41, 5.74) is 2.13. The first-order valence-electron chi connectivity index (χ1n) is 7.06. The van der Waals surface area contributed by atoms with Gasteiger partial charge in [0, 0.05) is 6.20 Å². The Hall–Kier alpha value is -2.94. The number of rotatable bonds is 4. The lowest BCUT2D eigenvalue weighted by atomic mass is 10.1. The Balaban J connectivity index is 1.91. The summed E-state index contributed by atoms with van der Waals surface area (Å²) in [4.78, 5) is 16.7. The number of carbonyl (C=O) groups is 1. The molecule has 1 unspecified atom stereocenters. The van der Waals surface area contributed by atoms with Crippen LogP contribution in [0.4, 0.5) is 0 Å². The molecular weight excluding hydrogens is 274 g/mol. The molecule has 3 aromatic rings. The van der Waals surface area contributed by atoms with E-state index in [0.29, 0.717) is 11.3 Å². The van der Waals surface area contributed by atoms with Gasteiger partial charge in [-0.2, -0.15) is 0 Å². The summed E-state index contributed by atoms with van der Waals surface area (Å²) in [6.07, 6.45) is 1.18. The Bertz CT molecular complexity index is 688. The van der Waals surface area contributed by atoms with Crippen molar-refractivity contribution in [3.05, 3.63) is 102 Å². The molecule has 22 heavy (non-hydrogen) atoms. The molecule has 2 aromatic carbocycles. The van der Waals surface area contributed by atoms with Gasteiger partial charge in [0.05, 0.1) is 11.3 Å². The van der Waals surface area contributed by atoms with Crippen molar-refractivity contribution in [3.8, 4) is 0 Å². The molecule has 0 saturated carbocycles. The molecule has 0 aliphatic heterocycles. The van der Waals surface area contributed by atoms with Gasteiger partial charge in [-0.05, 0) is 29.8 Å². The fourth-order valence-electron chi connectivity index (χ4n) is 2.21. The van der Waals surface area contributed by atoms with E-state index in [4.69, 9.17) is 4.74 Å². The monoisotopic (exact) mass is 289 g/mol. The number of ether oxygens (including phenoxy) is 1. The zero-order valence-electron chi connectivity index (χ0n) is 11.9. The second kappa shape index (κ2) is 6.68. The largest absolute Gasteiger partial charge is 0.447 e. The van der Waals surface area contributed by atoms with Gasteiger partial charge in [-0.1, -0.05) is 54.6 Å². The van der Waals surface area contributed by atoms with E-state index in [0.717, 1.165) is 5.56 Å². The van der Waals surface area contributed by atoms with Crippen LogP contribution in [0.15, 0.2) is 85.1 Å². The Labute approximate surface area is 129 Å². The van der Waals surface area contributed by atoms with Crippen LogP contribution in [0.1, 0.15) is 27.7 Å². The first-order chi connectivity index (χ1) is 10.8. The van der Waals surface area contributed by atoms with E-state index >= 15 is 0 Å². The van der Waals surface area contributed by atoms with Gasteiger partial charge < -0.3 is 4.74 Å². The zero-order valence-corrected chi connectivity index (χ0v) is 11.9. The number of benzene rings is 2. The number of hydrogen-bond donors (Lipinski definition) is 0. The van der Waals surface area contributed by atoms with Crippen molar-refractivity contribution >= 4 is 5.97 Å². The maximum Gasteiger partial charge on any atom is 0.339 e. The average Bonchev–Trinajstić information content (AvgIpc) is 2.62. The number of nitrogens with zero attached hydrogens (tertiary/aromatic N) is 1. The van der Waals surface area contributed by atoms with Crippen LogP contribution in [0.3, 0.4) is 0 Å². The normalized spacial score (nSPS) is 11.6. The Kier molecular flexibility index (Phi) is 4.25. The minimum Gasteiger partial charge on any atom is -0.447 e. The molecule has 3 heteroatoms. The minimum absolute atomic E-state index is 0.361. The molecule has 0 radical (unpaired) electrons. The summed E-state index contributed by atoms with van der Waals surface area (Å²) in [6, 6.07) is 24.2. The lowest BCUT2D eigenvalue weighted by Crippen LogP contribution is -2.14. The maximum absolute atomic E-state index is 12.4. The second-order valence-electron chi connectivity index (χ2n) is 4.82. The SMILES string of the molecule is O=C(OC(c1ccccc1)c1ccccn1)c1ccccc1. The van der Waals surface area contributed by atoms with Crippen molar-refractivity contribution in [2.24, 2.45) is 0 Å². The van der Waals surface area contributed by atoms with Crippen LogP contribution < -0.4 is 0 Å². The summed E-state index contributed by atoms with van der Waals surface area (Å²) >= 11 is 0. The van der Waals surface area contributed by atoms with Crippen LogP contribution in [0.2, 0.25) is 0 Å². The fourth-order valence-corrected chi connectivity index (χ4v) is 2.21. The highest BCUT2D eigenvalue weighted by Crippen LogP contribution is 2.25. The van der Waals surface area contributed by atoms with Gasteiger partial charge in [0.2, 0.25) is 0 Å². The molecular formula is C19H15NO2. The highest BCUT2D eigenvalue weighted by atomic mass is 16.5. The molecule has 0 amide bonds. The summed E-state index contributed by atoms with van der Waals surface area (Å²) in [7, 11) is 0. The topological polar surface area (TPSA) is 39.2 Å². The van der Waals surface area contributed by atoms with Crippen LogP contribution in [-0.4, -0.2) is 11.0 Å². The summed E-state index contributed by atoms with van der Waals surface area (Å²) in [5.74, 6) is -0.361. The first kappa shape index (κ1) is 14.0. The summed E-state index contributed by atoms with van der Waals surface area (Å²) in [6.45, 7) is 0. The van der Waals surface area contributed by atoms with Gasteiger partial charge in [-0.15, -0.1) is 0 Å². The number of carbonyl (C=O) groups excluding carboxylic acids is 1. The van der Waals surface area contributed by atoms with Crippen LogP contribution >= 0.6 is 0 Å². The molecule has 0 aliphatic rings.